The number of hydrogen-bond acceptors (Lipinski definition) is 5. The standard InChI is InChI=1S/C29H32N6O/c1-2-21-5-7-24(8-10-27(21)35-13-4-14-35)31-29(36)28-25-16-22(6-9-26(25)32-33-28)23-15-20(17-30-18-23)19-34-11-3-12-34/h6-10,15-18H,2-5,11-14,19H2,1H3,(H,31,36)(H,32,33). The molecule has 3 aliphatic rings. The van der Waals surface area contributed by atoms with Crippen molar-refractivity contribution < 1.29 is 4.79 Å². The molecule has 4 heterocycles. The van der Waals surface area contributed by atoms with Crippen molar-refractivity contribution in [3.05, 3.63) is 83.1 Å². The van der Waals surface area contributed by atoms with E-state index in [9.17, 15) is 4.79 Å². The minimum absolute atomic E-state index is 0.204. The lowest BCUT2D eigenvalue weighted by atomic mass is 10.0. The smallest absolute Gasteiger partial charge is 0.276 e. The Morgan fingerprint density at radius 1 is 1.06 bits per heavy atom. The van der Waals surface area contributed by atoms with Crippen molar-refractivity contribution in [1.82, 2.24) is 30.3 Å². The summed E-state index contributed by atoms with van der Waals surface area (Å²) < 4.78 is 0. The predicted octanol–water partition coefficient (Wildman–Crippen LogP) is 4.77. The number of carbonyl (C=O) groups is 1. The summed E-state index contributed by atoms with van der Waals surface area (Å²) in [6.07, 6.45) is 14.5. The number of amides is 1. The van der Waals surface area contributed by atoms with Crippen LogP contribution in [0.2, 0.25) is 0 Å². The van der Waals surface area contributed by atoms with E-state index in [2.05, 4.69) is 61.5 Å². The van der Waals surface area contributed by atoms with Crippen LogP contribution in [0.4, 0.5) is 0 Å². The lowest BCUT2D eigenvalue weighted by Gasteiger charge is -2.35. The van der Waals surface area contributed by atoms with Crippen LogP contribution in [0.1, 0.15) is 48.7 Å². The lowest BCUT2D eigenvalue weighted by molar-refractivity contribution is 0.0963. The van der Waals surface area contributed by atoms with Gasteiger partial charge in [-0.15, -0.1) is 0 Å². The molecule has 2 N–H and O–H groups in total. The van der Waals surface area contributed by atoms with Gasteiger partial charge in [0.1, 0.15) is 0 Å². The molecule has 184 valence electrons. The highest BCUT2D eigenvalue weighted by molar-refractivity contribution is 6.06. The normalized spacial score (nSPS) is 18.0. The van der Waals surface area contributed by atoms with Gasteiger partial charge in [-0.05, 0) is 85.8 Å². The SMILES string of the molecule is CCC1=C(N2CCC2)C=CC(NC(=O)c2n[nH]c3ccc(-c4cncc(CN5CCC5)c4)cc23)=CC1. The Kier molecular flexibility index (Phi) is 6.15. The first-order valence-corrected chi connectivity index (χ1v) is 13.0. The second kappa shape index (κ2) is 9.74. The Labute approximate surface area is 211 Å². The molecule has 0 radical (unpaired) electrons. The van der Waals surface area contributed by atoms with Crippen LogP contribution in [0.3, 0.4) is 0 Å². The predicted molar refractivity (Wildman–Crippen MR) is 142 cm³/mol. The molecule has 0 atom stereocenters. The minimum atomic E-state index is -0.204. The van der Waals surface area contributed by atoms with E-state index in [1.807, 2.05) is 30.6 Å². The number of H-pyrrole nitrogens is 1. The fraction of sp³-hybridized carbons (Fsp3) is 0.345. The van der Waals surface area contributed by atoms with E-state index < -0.39 is 0 Å². The van der Waals surface area contributed by atoms with Gasteiger partial charge in [-0.1, -0.05) is 19.1 Å². The summed E-state index contributed by atoms with van der Waals surface area (Å²) in [5.41, 5.74) is 8.07. The van der Waals surface area contributed by atoms with Gasteiger partial charge >= 0.3 is 0 Å². The third-order valence-corrected chi connectivity index (χ3v) is 7.49. The van der Waals surface area contributed by atoms with Crippen LogP contribution in [-0.2, 0) is 6.54 Å². The maximum atomic E-state index is 13.3. The first kappa shape index (κ1) is 22.7. The topological polar surface area (TPSA) is 77.1 Å². The molecule has 2 fully saturated rings. The Morgan fingerprint density at radius 3 is 2.67 bits per heavy atom. The fourth-order valence-electron chi connectivity index (χ4n) is 5.08. The van der Waals surface area contributed by atoms with Gasteiger partial charge in [0.25, 0.3) is 5.91 Å². The second-order valence-corrected chi connectivity index (χ2v) is 9.88. The number of rotatable bonds is 7. The number of nitrogens with zero attached hydrogens (tertiary/aromatic N) is 4. The van der Waals surface area contributed by atoms with Crippen LogP contribution in [0.5, 0.6) is 0 Å². The Morgan fingerprint density at radius 2 is 1.92 bits per heavy atom. The maximum absolute atomic E-state index is 13.3. The van der Waals surface area contributed by atoms with Gasteiger partial charge in [0.2, 0.25) is 0 Å². The van der Waals surface area contributed by atoms with Gasteiger partial charge in [0, 0.05) is 54.4 Å². The molecule has 1 aliphatic carbocycles. The number of hydrogen-bond donors (Lipinski definition) is 2. The third-order valence-electron chi connectivity index (χ3n) is 7.49. The number of carbonyl (C=O) groups excluding carboxylic acids is 1. The van der Waals surface area contributed by atoms with Crippen molar-refractivity contribution in [2.75, 3.05) is 26.2 Å². The summed E-state index contributed by atoms with van der Waals surface area (Å²) >= 11 is 0. The number of aromatic amines is 1. The van der Waals surface area contributed by atoms with E-state index in [1.165, 1.54) is 29.7 Å². The quantitative estimate of drug-likeness (QED) is 0.509. The highest BCUT2D eigenvalue weighted by atomic mass is 16.2. The molecule has 7 heteroatoms. The van der Waals surface area contributed by atoms with E-state index in [1.54, 1.807) is 0 Å². The number of fused-ring (bicyclic) bond motifs is 1. The van der Waals surface area contributed by atoms with Gasteiger partial charge in [-0.25, -0.2) is 0 Å². The van der Waals surface area contributed by atoms with E-state index in [-0.39, 0.29) is 5.91 Å². The second-order valence-electron chi connectivity index (χ2n) is 9.88. The number of aromatic nitrogens is 3. The van der Waals surface area contributed by atoms with E-state index in [4.69, 9.17) is 0 Å². The summed E-state index contributed by atoms with van der Waals surface area (Å²) in [7, 11) is 0. The van der Waals surface area contributed by atoms with Gasteiger partial charge in [-0.3, -0.25) is 19.8 Å². The highest BCUT2D eigenvalue weighted by Gasteiger charge is 2.21. The van der Waals surface area contributed by atoms with Gasteiger partial charge in [0.05, 0.1) is 5.52 Å². The van der Waals surface area contributed by atoms with Crippen LogP contribution < -0.4 is 5.32 Å². The molecule has 2 saturated heterocycles. The zero-order chi connectivity index (χ0) is 24.5. The fourth-order valence-corrected chi connectivity index (χ4v) is 5.08. The number of benzene rings is 1. The van der Waals surface area contributed by atoms with Crippen molar-refractivity contribution in [3.63, 3.8) is 0 Å². The Balaban J connectivity index is 1.22. The molecule has 2 aliphatic heterocycles. The first-order valence-electron chi connectivity index (χ1n) is 13.0. The molecule has 0 unspecified atom stereocenters. The third kappa shape index (κ3) is 4.46. The maximum Gasteiger partial charge on any atom is 0.276 e. The Bertz CT molecular complexity index is 1390. The van der Waals surface area contributed by atoms with E-state index in [0.29, 0.717) is 5.69 Å². The number of likely N-dealkylation sites (tertiary alicyclic amines) is 2. The molecule has 0 bridgehead atoms. The van der Waals surface area contributed by atoms with Crippen LogP contribution in [-0.4, -0.2) is 57.1 Å². The van der Waals surface area contributed by atoms with Crippen molar-refractivity contribution in [2.45, 2.75) is 39.2 Å². The van der Waals surface area contributed by atoms with Crippen molar-refractivity contribution in [1.29, 1.82) is 0 Å². The summed E-state index contributed by atoms with van der Waals surface area (Å²) in [4.78, 5) is 22.6. The summed E-state index contributed by atoms with van der Waals surface area (Å²) in [6, 6.07) is 8.27. The molecule has 0 spiro atoms. The summed E-state index contributed by atoms with van der Waals surface area (Å²) in [6.45, 7) is 7.67. The highest BCUT2D eigenvalue weighted by Crippen LogP contribution is 2.28. The molecule has 7 nitrogen and oxygen atoms in total. The van der Waals surface area contributed by atoms with Crippen LogP contribution in [0, 0.1) is 0 Å². The average molecular weight is 481 g/mol. The van der Waals surface area contributed by atoms with Crippen molar-refractivity contribution in [2.24, 2.45) is 0 Å². The lowest BCUT2D eigenvalue weighted by Crippen LogP contribution is -2.36. The van der Waals surface area contributed by atoms with E-state index in [0.717, 1.165) is 73.3 Å². The van der Waals surface area contributed by atoms with Crippen LogP contribution in [0.25, 0.3) is 22.0 Å². The summed E-state index contributed by atoms with van der Waals surface area (Å²) in [5, 5.41) is 11.3. The molecule has 0 saturated carbocycles. The van der Waals surface area contributed by atoms with Gasteiger partial charge < -0.3 is 10.2 Å². The largest absolute Gasteiger partial charge is 0.371 e. The monoisotopic (exact) mass is 480 g/mol. The van der Waals surface area contributed by atoms with Crippen LogP contribution >= 0.6 is 0 Å². The molecule has 3 aromatic rings. The van der Waals surface area contributed by atoms with E-state index >= 15 is 0 Å². The van der Waals surface area contributed by atoms with Crippen molar-refractivity contribution >= 4 is 16.8 Å². The molecule has 1 aromatic carbocycles. The zero-order valence-corrected chi connectivity index (χ0v) is 20.8. The first-order chi connectivity index (χ1) is 17.7. The number of allylic oxidation sites excluding steroid dienone is 4. The van der Waals surface area contributed by atoms with Crippen LogP contribution in [0.15, 0.2) is 71.9 Å². The number of nitrogens with one attached hydrogen (secondary N) is 2. The molecule has 1 amide bonds. The Hall–Kier alpha value is -3.71. The van der Waals surface area contributed by atoms with Gasteiger partial charge in [-0.2, -0.15) is 5.10 Å². The van der Waals surface area contributed by atoms with Crippen molar-refractivity contribution in [3.8, 4) is 11.1 Å². The molecule has 6 rings (SSSR count). The molecular formula is C29H32N6O. The zero-order valence-electron chi connectivity index (χ0n) is 20.8. The van der Waals surface area contributed by atoms with Gasteiger partial charge in [0.15, 0.2) is 5.69 Å². The molecular weight excluding hydrogens is 448 g/mol. The number of pyridine rings is 1. The molecule has 2 aromatic heterocycles. The average Bonchev–Trinajstić information content (AvgIpc) is 3.17. The minimum Gasteiger partial charge on any atom is -0.371 e. The molecule has 36 heavy (non-hydrogen) atoms. The summed E-state index contributed by atoms with van der Waals surface area (Å²) in [5.74, 6) is -0.204.